The van der Waals surface area contributed by atoms with Gasteiger partial charge in [0.15, 0.2) is 6.77 Å². The molecule has 0 aromatic carbocycles. The van der Waals surface area contributed by atoms with Gasteiger partial charge in [0.1, 0.15) is 22.6 Å². The van der Waals surface area contributed by atoms with Gasteiger partial charge in [-0.2, -0.15) is 4.67 Å². The van der Waals surface area contributed by atoms with E-state index in [1.807, 2.05) is 0 Å². The fourth-order valence-electron chi connectivity index (χ4n) is 2.66. The van der Waals surface area contributed by atoms with Crippen LogP contribution in [0.1, 0.15) is 41.5 Å². The summed E-state index contributed by atoms with van der Waals surface area (Å²) in [5, 5.41) is 0. The second-order valence-corrected chi connectivity index (χ2v) is 10.1. The van der Waals surface area contributed by atoms with Crippen LogP contribution in [0.5, 0.6) is 0 Å². The topological polar surface area (TPSA) is 3.24 Å². The normalized spacial score (nSPS) is 36.1. The molecule has 1 aliphatic rings. The van der Waals surface area contributed by atoms with Crippen molar-refractivity contribution in [3.8, 4) is 0 Å². The van der Waals surface area contributed by atoms with Crippen molar-refractivity contribution in [2.24, 2.45) is 0 Å². The largest absolute Gasteiger partial charge is 0.196 e. The highest BCUT2D eigenvalue weighted by Gasteiger charge is 2.56. The maximum atomic E-state index is 7.00. The van der Waals surface area contributed by atoms with Crippen molar-refractivity contribution in [3.63, 3.8) is 0 Å². The van der Waals surface area contributed by atoms with E-state index in [0.717, 1.165) is 0 Å². The standard InChI is InChI=1S/C12H24ClNP/c1-9(2)14(10(3)4)15(13)11(5)7-8-12(15)6/h7-12H,1-6H3/q+1. The van der Waals surface area contributed by atoms with Crippen molar-refractivity contribution >= 4 is 18.0 Å². The van der Waals surface area contributed by atoms with Crippen LogP contribution >= 0.6 is 18.0 Å². The second kappa shape index (κ2) is 4.73. The number of hydrogen-bond acceptors (Lipinski definition) is 1. The van der Waals surface area contributed by atoms with Gasteiger partial charge in [-0.1, -0.05) is 0 Å². The minimum absolute atomic E-state index is 0.527. The number of hydrogen-bond donors (Lipinski definition) is 0. The highest BCUT2D eigenvalue weighted by molar-refractivity contribution is 7.98. The molecule has 15 heavy (non-hydrogen) atoms. The summed E-state index contributed by atoms with van der Waals surface area (Å²) in [4.78, 5) is 0. The maximum absolute atomic E-state index is 7.00. The summed E-state index contributed by atoms with van der Waals surface area (Å²) in [6.07, 6.45) is 4.59. The Kier molecular flexibility index (Phi) is 4.26. The first-order valence-electron chi connectivity index (χ1n) is 5.87. The van der Waals surface area contributed by atoms with Crippen molar-refractivity contribution in [1.29, 1.82) is 0 Å². The van der Waals surface area contributed by atoms with Crippen molar-refractivity contribution < 1.29 is 0 Å². The summed E-state index contributed by atoms with van der Waals surface area (Å²) in [5.41, 5.74) is 1.05. The quantitative estimate of drug-likeness (QED) is 0.524. The Morgan fingerprint density at radius 1 is 1.00 bits per heavy atom. The van der Waals surface area contributed by atoms with Crippen LogP contribution in [0, 0.1) is 0 Å². The van der Waals surface area contributed by atoms with Crippen LogP contribution in [0.3, 0.4) is 0 Å². The lowest BCUT2D eigenvalue weighted by Crippen LogP contribution is -2.39. The molecule has 0 aliphatic carbocycles. The van der Waals surface area contributed by atoms with Gasteiger partial charge < -0.3 is 0 Å². The third-order valence-electron chi connectivity index (χ3n) is 3.22. The minimum Gasteiger partial charge on any atom is -0.158 e. The molecule has 0 saturated heterocycles. The van der Waals surface area contributed by atoms with Gasteiger partial charge in [0.25, 0.3) is 0 Å². The van der Waals surface area contributed by atoms with Crippen molar-refractivity contribution in [1.82, 2.24) is 4.67 Å². The van der Waals surface area contributed by atoms with Gasteiger partial charge in [0.05, 0.1) is 0 Å². The number of rotatable bonds is 3. The molecule has 1 aliphatic heterocycles. The fourth-order valence-corrected chi connectivity index (χ4v) is 7.78. The SMILES string of the molecule is CC(C)N(C(C)C)[P+]1(Cl)C(C)C=CC1C. The van der Waals surface area contributed by atoms with E-state index in [9.17, 15) is 0 Å². The van der Waals surface area contributed by atoms with E-state index < -0.39 is 6.77 Å². The number of allylic oxidation sites excluding steroid dienone is 2. The Labute approximate surface area is 100 Å². The van der Waals surface area contributed by atoms with Crippen LogP contribution in [0.2, 0.25) is 0 Å². The van der Waals surface area contributed by atoms with Crippen molar-refractivity contribution in [2.75, 3.05) is 0 Å². The highest BCUT2D eigenvalue weighted by atomic mass is 35.7. The van der Waals surface area contributed by atoms with E-state index in [1.54, 1.807) is 0 Å². The molecule has 1 rings (SSSR count). The lowest BCUT2D eigenvalue weighted by atomic mass is 10.3. The molecular weight excluding hydrogens is 225 g/mol. The maximum Gasteiger partial charge on any atom is 0.196 e. The molecule has 0 N–H and O–H groups in total. The number of nitrogens with zero attached hydrogens (tertiary/aromatic N) is 1. The Morgan fingerprint density at radius 2 is 1.33 bits per heavy atom. The van der Waals surface area contributed by atoms with Crippen LogP contribution in [0.25, 0.3) is 0 Å². The first-order valence-corrected chi connectivity index (χ1v) is 8.65. The molecule has 0 saturated carbocycles. The lowest BCUT2D eigenvalue weighted by molar-refractivity contribution is 0.317. The average molecular weight is 249 g/mol. The minimum atomic E-state index is -1.53. The highest BCUT2D eigenvalue weighted by Crippen LogP contribution is 2.77. The molecule has 0 amide bonds. The predicted molar refractivity (Wildman–Crippen MR) is 72.9 cm³/mol. The van der Waals surface area contributed by atoms with Gasteiger partial charge in [-0.3, -0.25) is 0 Å². The van der Waals surface area contributed by atoms with Crippen molar-refractivity contribution in [3.05, 3.63) is 12.2 Å². The smallest absolute Gasteiger partial charge is 0.158 e. The zero-order valence-electron chi connectivity index (χ0n) is 10.7. The molecule has 0 aromatic rings. The molecule has 88 valence electrons. The summed E-state index contributed by atoms with van der Waals surface area (Å²) in [7, 11) is 0. The summed E-state index contributed by atoms with van der Waals surface area (Å²) < 4.78 is 2.55. The second-order valence-electron chi connectivity index (χ2n) is 5.08. The van der Waals surface area contributed by atoms with Gasteiger partial charge in [0, 0.05) is 12.1 Å². The Bertz CT molecular complexity index is 230. The summed E-state index contributed by atoms with van der Waals surface area (Å²) in [6, 6.07) is 1.06. The first kappa shape index (κ1) is 13.5. The Morgan fingerprint density at radius 3 is 1.60 bits per heavy atom. The summed E-state index contributed by atoms with van der Waals surface area (Å²) in [5.74, 6) is 0. The molecule has 0 fully saturated rings. The van der Waals surface area contributed by atoms with E-state index in [2.05, 4.69) is 58.4 Å². The molecule has 0 bridgehead atoms. The zero-order chi connectivity index (χ0) is 11.8. The molecule has 0 radical (unpaired) electrons. The van der Waals surface area contributed by atoms with E-state index >= 15 is 0 Å². The molecular formula is C12H24ClNP+. The molecule has 2 unspecified atom stereocenters. The van der Waals surface area contributed by atoms with Gasteiger partial charge in [-0.05, 0) is 53.7 Å². The van der Waals surface area contributed by atoms with Crippen LogP contribution in [0.15, 0.2) is 12.2 Å². The van der Waals surface area contributed by atoms with Gasteiger partial charge in [-0.25, -0.2) is 0 Å². The van der Waals surface area contributed by atoms with Crippen LogP contribution in [-0.2, 0) is 0 Å². The average Bonchev–Trinajstić information content (AvgIpc) is 2.32. The third kappa shape index (κ3) is 2.25. The lowest BCUT2D eigenvalue weighted by Gasteiger charge is -2.39. The first-order chi connectivity index (χ1) is 6.81. The third-order valence-corrected chi connectivity index (χ3v) is 9.85. The Hall–Kier alpha value is 0.420. The summed E-state index contributed by atoms with van der Waals surface area (Å²) in [6.45, 7) is 12.0. The van der Waals surface area contributed by atoms with Crippen LogP contribution < -0.4 is 0 Å². The van der Waals surface area contributed by atoms with Crippen LogP contribution in [0.4, 0.5) is 0 Å². The van der Waals surface area contributed by atoms with E-state index in [0.29, 0.717) is 23.4 Å². The zero-order valence-corrected chi connectivity index (χ0v) is 12.4. The van der Waals surface area contributed by atoms with E-state index in [-0.39, 0.29) is 0 Å². The molecule has 3 heteroatoms. The molecule has 0 aromatic heterocycles. The van der Waals surface area contributed by atoms with E-state index in [4.69, 9.17) is 11.2 Å². The number of halogens is 1. The predicted octanol–water partition coefficient (Wildman–Crippen LogP) is 4.54. The van der Waals surface area contributed by atoms with E-state index in [1.165, 1.54) is 0 Å². The monoisotopic (exact) mass is 248 g/mol. The summed E-state index contributed by atoms with van der Waals surface area (Å²) >= 11 is 7.00. The van der Waals surface area contributed by atoms with Gasteiger partial charge in [-0.15, -0.1) is 0 Å². The van der Waals surface area contributed by atoms with Gasteiger partial charge in [0.2, 0.25) is 0 Å². The van der Waals surface area contributed by atoms with Crippen LogP contribution in [-0.4, -0.2) is 28.1 Å². The molecule has 1 nitrogen and oxygen atoms in total. The molecule has 1 heterocycles. The molecule has 0 spiro atoms. The van der Waals surface area contributed by atoms with Crippen molar-refractivity contribution in [2.45, 2.75) is 64.9 Å². The Balaban J connectivity index is 3.01. The fraction of sp³-hybridized carbons (Fsp3) is 0.833. The molecule has 2 atom stereocenters. The van der Waals surface area contributed by atoms with Gasteiger partial charge >= 0.3 is 0 Å².